The molecule has 0 unspecified atom stereocenters. The van der Waals surface area contributed by atoms with Gasteiger partial charge >= 0.3 is 0 Å². The molecule has 9 heteroatoms. The van der Waals surface area contributed by atoms with Crippen LogP contribution in [-0.2, 0) is 15.8 Å². The number of anilines is 1. The van der Waals surface area contributed by atoms with Crippen LogP contribution < -0.4 is 15.3 Å². The molecule has 4 aromatic rings. The van der Waals surface area contributed by atoms with Gasteiger partial charge in [-0.3, -0.25) is 9.78 Å². The summed E-state index contributed by atoms with van der Waals surface area (Å²) in [5.41, 5.74) is 0.00623. The number of hydrogen-bond acceptors (Lipinski definition) is 6. The molecular weight excluding hydrogens is 564 g/mol. The lowest BCUT2D eigenvalue weighted by Gasteiger charge is -2.43. The average molecular weight is 602 g/mol. The first kappa shape index (κ1) is 30.7. The molecule has 2 atom stereocenters. The van der Waals surface area contributed by atoms with E-state index in [2.05, 4.69) is 55.0 Å². The van der Waals surface area contributed by atoms with Crippen LogP contribution in [0, 0.1) is 11.6 Å². The quantitative estimate of drug-likeness (QED) is 0.191. The first-order valence-electron chi connectivity index (χ1n) is 14.5. The second-order valence-corrected chi connectivity index (χ2v) is 16.4. The van der Waals surface area contributed by atoms with Crippen LogP contribution >= 0.6 is 0 Å². The summed E-state index contributed by atoms with van der Waals surface area (Å²) in [6, 6.07) is 21.6. The van der Waals surface area contributed by atoms with E-state index in [0.29, 0.717) is 18.7 Å². The van der Waals surface area contributed by atoms with Crippen molar-refractivity contribution in [3.63, 3.8) is 0 Å². The zero-order valence-corrected chi connectivity index (χ0v) is 26.2. The number of nitrogens with zero attached hydrogens (tertiary/aromatic N) is 3. The number of aromatic nitrogens is 2. The summed E-state index contributed by atoms with van der Waals surface area (Å²) in [5.74, 6) is -3.05. The van der Waals surface area contributed by atoms with Crippen LogP contribution in [0.5, 0.6) is 0 Å². The Morgan fingerprint density at radius 1 is 0.953 bits per heavy atom. The molecule has 0 N–H and O–H groups in total. The second-order valence-electron chi connectivity index (χ2n) is 12.1. The molecule has 1 fully saturated rings. The minimum atomic E-state index is -3.04. The number of halogens is 2. The van der Waals surface area contributed by atoms with Crippen molar-refractivity contribution in [3.05, 3.63) is 114 Å². The molecule has 3 aromatic carbocycles. The van der Waals surface area contributed by atoms with Gasteiger partial charge < -0.3 is 14.1 Å². The summed E-state index contributed by atoms with van der Waals surface area (Å²) in [5, 5.41) is 1.78. The number of carbonyl (C=O) groups excluding carboxylic acids is 1. The molecule has 0 aliphatic carbocycles. The van der Waals surface area contributed by atoms with E-state index >= 15 is 8.78 Å². The third kappa shape index (κ3) is 6.02. The van der Waals surface area contributed by atoms with E-state index < -0.39 is 31.3 Å². The van der Waals surface area contributed by atoms with Gasteiger partial charge in [0.1, 0.15) is 5.69 Å². The van der Waals surface area contributed by atoms with Crippen LogP contribution in [-0.4, -0.2) is 49.4 Å². The predicted octanol–water partition coefficient (Wildman–Crippen LogP) is 5.68. The van der Waals surface area contributed by atoms with Gasteiger partial charge in [-0.05, 0) is 35.3 Å². The van der Waals surface area contributed by atoms with Crippen LogP contribution in [0.15, 0.2) is 85.3 Å². The zero-order valence-electron chi connectivity index (χ0n) is 25.2. The van der Waals surface area contributed by atoms with Gasteiger partial charge in [-0.1, -0.05) is 81.4 Å². The monoisotopic (exact) mass is 601 g/mol. The summed E-state index contributed by atoms with van der Waals surface area (Å²) >= 11 is 0. The van der Waals surface area contributed by atoms with Crippen molar-refractivity contribution >= 4 is 30.2 Å². The molecule has 6 nitrogen and oxygen atoms in total. The molecule has 0 saturated carbocycles. The summed E-state index contributed by atoms with van der Waals surface area (Å²) in [4.78, 5) is 23.2. The number of rotatable bonds is 8. The van der Waals surface area contributed by atoms with E-state index in [4.69, 9.17) is 9.16 Å². The molecule has 1 aromatic heterocycles. The number of ether oxygens (including phenoxy) is 1. The minimum Gasteiger partial charge on any atom is -0.403 e. The van der Waals surface area contributed by atoms with Gasteiger partial charge in [0.2, 0.25) is 5.78 Å². The summed E-state index contributed by atoms with van der Waals surface area (Å²) in [6.45, 7) is 11.0. The van der Waals surface area contributed by atoms with Gasteiger partial charge in [-0.25, -0.2) is 13.8 Å². The lowest BCUT2D eigenvalue weighted by molar-refractivity contribution is -0.00553. The number of morpholine rings is 1. The van der Waals surface area contributed by atoms with Crippen molar-refractivity contribution in [2.45, 2.75) is 58.5 Å². The lowest BCUT2D eigenvalue weighted by atomic mass is 10.0. The van der Waals surface area contributed by atoms with Crippen molar-refractivity contribution < 1.29 is 22.7 Å². The zero-order chi connectivity index (χ0) is 30.8. The van der Waals surface area contributed by atoms with Crippen LogP contribution in [0.3, 0.4) is 0 Å². The highest BCUT2D eigenvalue weighted by molar-refractivity contribution is 6.99. The van der Waals surface area contributed by atoms with Crippen LogP contribution in [0.4, 0.5) is 14.5 Å². The number of benzene rings is 3. The van der Waals surface area contributed by atoms with Crippen LogP contribution in [0.2, 0.25) is 5.04 Å². The Bertz CT molecular complexity index is 1520. The van der Waals surface area contributed by atoms with Crippen molar-refractivity contribution in [2.75, 3.05) is 18.0 Å². The first-order valence-corrected chi connectivity index (χ1v) is 16.4. The standard InChI is InChI=1S/C34H37F2N3O3Si/c1-23-20-39(21-24(2)42-23)32-25(18-28(30(35)31(32)36)33(40)29-19-37-16-17-38-29)22-41-43(34(3,4)5,26-12-8-6-9-13-26)27-14-10-7-11-15-27/h6-19,23-24H,20-22H2,1-5H3/t23-,24-/m1/s1. The SMILES string of the molecule is C[C@@H]1CN(c2c(CO[Si](c3ccccc3)(c3ccccc3)C(C)(C)C)cc(C(=O)c3cnccn3)c(F)c2F)C[C@@H](C)O1. The highest BCUT2D eigenvalue weighted by Crippen LogP contribution is 2.39. The minimum absolute atomic E-state index is 0.0410. The van der Waals surface area contributed by atoms with Gasteiger partial charge in [0.05, 0.1) is 36.3 Å². The lowest BCUT2D eigenvalue weighted by Crippen LogP contribution is -2.66. The molecule has 0 amide bonds. The molecule has 5 rings (SSSR count). The van der Waals surface area contributed by atoms with E-state index in [9.17, 15) is 4.79 Å². The fourth-order valence-electron chi connectivity index (χ4n) is 6.15. The number of carbonyl (C=O) groups is 1. The largest absolute Gasteiger partial charge is 0.403 e. The van der Waals surface area contributed by atoms with E-state index in [0.717, 1.165) is 10.4 Å². The molecule has 0 bridgehead atoms. The smallest absolute Gasteiger partial charge is 0.261 e. The van der Waals surface area contributed by atoms with Gasteiger partial charge in [0, 0.05) is 31.0 Å². The topological polar surface area (TPSA) is 64.5 Å². The van der Waals surface area contributed by atoms with Gasteiger partial charge in [0.15, 0.2) is 11.6 Å². The molecule has 1 aliphatic rings. The average Bonchev–Trinajstić information content (AvgIpc) is 2.99. The maximum absolute atomic E-state index is 16.2. The fraction of sp³-hybridized carbons (Fsp3) is 0.324. The molecule has 43 heavy (non-hydrogen) atoms. The van der Waals surface area contributed by atoms with Gasteiger partial charge in [-0.15, -0.1) is 0 Å². The second kappa shape index (κ2) is 12.4. The third-order valence-electron chi connectivity index (χ3n) is 7.90. The Balaban J connectivity index is 1.68. The van der Waals surface area contributed by atoms with Crippen molar-refractivity contribution in [2.24, 2.45) is 0 Å². The van der Waals surface area contributed by atoms with E-state index in [1.54, 1.807) is 4.90 Å². The Kier molecular flexibility index (Phi) is 8.87. The van der Waals surface area contributed by atoms with Crippen LogP contribution in [0.25, 0.3) is 0 Å². The van der Waals surface area contributed by atoms with Crippen molar-refractivity contribution in [1.29, 1.82) is 0 Å². The Morgan fingerprint density at radius 3 is 2.05 bits per heavy atom. The summed E-state index contributed by atoms with van der Waals surface area (Å²) < 4.78 is 45.1. The predicted molar refractivity (Wildman–Crippen MR) is 166 cm³/mol. The molecular formula is C34H37F2N3O3Si. The fourth-order valence-corrected chi connectivity index (χ4v) is 10.7. The number of ketones is 1. The van der Waals surface area contributed by atoms with Crippen molar-refractivity contribution in [3.8, 4) is 0 Å². The molecule has 1 saturated heterocycles. The van der Waals surface area contributed by atoms with Gasteiger partial charge in [-0.2, -0.15) is 0 Å². The highest BCUT2D eigenvalue weighted by atomic mass is 28.4. The Morgan fingerprint density at radius 2 is 1.53 bits per heavy atom. The maximum atomic E-state index is 16.2. The molecule has 0 radical (unpaired) electrons. The van der Waals surface area contributed by atoms with Crippen molar-refractivity contribution in [1.82, 2.24) is 9.97 Å². The van der Waals surface area contributed by atoms with E-state index in [1.165, 1.54) is 24.7 Å². The summed E-state index contributed by atoms with van der Waals surface area (Å²) in [6.07, 6.45) is 3.62. The van der Waals surface area contributed by atoms with Gasteiger partial charge in [0.25, 0.3) is 8.32 Å². The summed E-state index contributed by atoms with van der Waals surface area (Å²) in [7, 11) is -3.04. The number of hydrogen-bond donors (Lipinski definition) is 0. The Hall–Kier alpha value is -3.79. The first-order chi connectivity index (χ1) is 20.5. The third-order valence-corrected chi connectivity index (χ3v) is 12.9. The molecule has 2 heterocycles. The molecule has 224 valence electrons. The van der Waals surface area contributed by atoms with E-state index in [-0.39, 0.29) is 35.2 Å². The Labute approximate surface area is 252 Å². The molecule has 0 spiro atoms. The van der Waals surface area contributed by atoms with E-state index in [1.807, 2.05) is 50.2 Å². The normalized spacial score (nSPS) is 17.6. The molecule has 1 aliphatic heterocycles. The van der Waals surface area contributed by atoms with Crippen LogP contribution in [0.1, 0.15) is 56.2 Å². The maximum Gasteiger partial charge on any atom is 0.261 e. The highest BCUT2D eigenvalue weighted by Gasteiger charge is 2.50.